The van der Waals surface area contributed by atoms with Crippen molar-refractivity contribution in [2.24, 2.45) is 0 Å². The molecule has 6 heteroatoms. The third-order valence-corrected chi connectivity index (χ3v) is 6.31. The highest BCUT2D eigenvalue weighted by molar-refractivity contribution is 14.1. The van der Waals surface area contributed by atoms with Crippen LogP contribution in [0.4, 0.5) is 5.69 Å². The summed E-state index contributed by atoms with van der Waals surface area (Å²) in [5.74, 6) is 0.694. The van der Waals surface area contributed by atoms with Crippen LogP contribution < -0.4 is 4.90 Å². The molecule has 4 aromatic rings. The van der Waals surface area contributed by atoms with Gasteiger partial charge in [-0.05, 0) is 82.8 Å². The number of carbonyl (C=O) groups is 2. The van der Waals surface area contributed by atoms with Gasteiger partial charge >= 0.3 is 5.97 Å². The van der Waals surface area contributed by atoms with E-state index in [1.165, 1.54) is 7.11 Å². The van der Waals surface area contributed by atoms with Crippen LogP contribution in [0.1, 0.15) is 21.7 Å². The molecule has 0 unspecified atom stereocenters. The van der Waals surface area contributed by atoms with Crippen molar-refractivity contribution in [2.45, 2.75) is 0 Å². The number of rotatable bonds is 5. The first-order valence-corrected chi connectivity index (χ1v) is 12.0. The molecule has 1 aliphatic heterocycles. The summed E-state index contributed by atoms with van der Waals surface area (Å²) in [6.45, 7) is 0. The second kappa shape index (κ2) is 9.76. The molecule has 0 bridgehead atoms. The van der Waals surface area contributed by atoms with Crippen molar-refractivity contribution in [2.75, 3.05) is 12.0 Å². The molecule has 0 radical (unpaired) electrons. The maximum atomic E-state index is 13.5. The molecule has 0 spiro atoms. The first kappa shape index (κ1) is 22.9. The van der Waals surface area contributed by atoms with Crippen molar-refractivity contribution in [3.8, 4) is 11.3 Å². The Morgan fingerprint density at radius 2 is 1.69 bits per heavy atom. The molecule has 0 N–H and O–H groups in total. The van der Waals surface area contributed by atoms with Crippen LogP contribution in [0.2, 0.25) is 0 Å². The number of halogens is 1. The third-order valence-electron chi connectivity index (χ3n) is 5.63. The fourth-order valence-electron chi connectivity index (χ4n) is 3.94. The van der Waals surface area contributed by atoms with Gasteiger partial charge in [-0.3, -0.25) is 9.69 Å². The lowest BCUT2D eigenvalue weighted by atomic mass is 10.1. The molecule has 0 atom stereocenters. The summed E-state index contributed by atoms with van der Waals surface area (Å²) in [6, 6.07) is 28.4. The fraction of sp³-hybridized carbons (Fsp3) is 0.0345. The van der Waals surface area contributed by atoms with E-state index in [1.807, 2.05) is 72.8 Å². The maximum Gasteiger partial charge on any atom is 0.337 e. The minimum atomic E-state index is -0.389. The molecule has 172 valence electrons. The Morgan fingerprint density at radius 1 is 0.914 bits per heavy atom. The van der Waals surface area contributed by atoms with Crippen LogP contribution in [0, 0.1) is 3.57 Å². The van der Waals surface area contributed by atoms with E-state index in [0.29, 0.717) is 22.7 Å². The van der Waals surface area contributed by atoms with Crippen molar-refractivity contribution in [1.29, 1.82) is 0 Å². The van der Waals surface area contributed by atoms with Crippen LogP contribution in [0.25, 0.3) is 23.1 Å². The number of anilines is 1. The number of carbonyl (C=O) groups excluding carboxylic acids is 2. The summed E-state index contributed by atoms with van der Waals surface area (Å²) in [7, 11) is 1.35. The van der Waals surface area contributed by atoms with Crippen LogP contribution in [0.3, 0.4) is 0 Å². The Labute approximate surface area is 216 Å². The number of ether oxygens (including phenoxy) is 1. The van der Waals surface area contributed by atoms with Gasteiger partial charge < -0.3 is 9.15 Å². The monoisotopic (exact) mass is 573 g/mol. The van der Waals surface area contributed by atoms with Crippen LogP contribution in [0.5, 0.6) is 0 Å². The summed E-state index contributed by atoms with van der Waals surface area (Å²) in [5, 5.41) is 0. The second-order valence-corrected chi connectivity index (χ2v) is 9.13. The molecule has 1 aromatic heterocycles. The minimum Gasteiger partial charge on any atom is -0.465 e. The van der Waals surface area contributed by atoms with Gasteiger partial charge in [0, 0.05) is 14.7 Å². The maximum absolute atomic E-state index is 13.5. The number of amides is 1. The number of nitrogens with zero attached hydrogens (tertiary/aromatic N) is 1. The largest absolute Gasteiger partial charge is 0.465 e. The van der Waals surface area contributed by atoms with E-state index < -0.39 is 0 Å². The Bertz CT molecular complexity index is 1470. The number of hydrogen-bond acceptors (Lipinski definition) is 4. The van der Waals surface area contributed by atoms with Crippen LogP contribution in [-0.4, -0.2) is 19.0 Å². The second-order valence-electron chi connectivity index (χ2n) is 7.89. The van der Waals surface area contributed by atoms with Gasteiger partial charge in [-0.1, -0.05) is 48.5 Å². The van der Waals surface area contributed by atoms with Crippen LogP contribution in [0.15, 0.2) is 107 Å². The lowest BCUT2D eigenvalue weighted by molar-refractivity contribution is -0.113. The minimum absolute atomic E-state index is 0.119. The zero-order chi connectivity index (χ0) is 24.4. The Balaban J connectivity index is 1.49. The highest BCUT2D eigenvalue weighted by Gasteiger charge is 2.30. The summed E-state index contributed by atoms with van der Waals surface area (Å²) >= 11 is 2.25. The zero-order valence-corrected chi connectivity index (χ0v) is 20.9. The van der Waals surface area contributed by atoms with Gasteiger partial charge in [-0.2, -0.15) is 0 Å². The molecule has 0 aliphatic carbocycles. The van der Waals surface area contributed by atoms with Gasteiger partial charge in [0.1, 0.15) is 11.5 Å². The van der Waals surface area contributed by atoms with Gasteiger partial charge in [-0.15, -0.1) is 0 Å². The number of benzene rings is 3. The average molecular weight is 573 g/mol. The van der Waals surface area contributed by atoms with E-state index in [9.17, 15) is 9.59 Å². The summed E-state index contributed by atoms with van der Waals surface area (Å²) < 4.78 is 11.8. The molecule has 1 aliphatic rings. The van der Waals surface area contributed by atoms with Crippen molar-refractivity contribution in [3.05, 3.63) is 123 Å². The van der Waals surface area contributed by atoms with Gasteiger partial charge in [0.25, 0.3) is 5.91 Å². The van der Waals surface area contributed by atoms with E-state index in [4.69, 9.17) is 9.15 Å². The summed E-state index contributed by atoms with van der Waals surface area (Å²) in [4.78, 5) is 26.9. The van der Waals surface area contributed by atoms with Crippen molar-refractivity contribution < 1.29 is 18.7 Å². The Hall–Kier alpha value is -3.91. The lowest BCUT2D eigenvalue weighted by Crippen LogP contribution is -2.25. The standard InChI is InChI=1S/C29H20INO4/c1-34-29(33)21-12-10-20(11-13-21)27-15-14-25(35-27)16-22-17-26(19-6-3-2-4-7-19)31(28(22)32)24-9-5-8-23(30)18-24/h2-18H,1H3/b22-16+. The predicted octanol–water partition coefficient (Wildman–Crippen LogP) is 6.81. The lowest BCUT2D eigenvalue weighted by Gasteiger charge is -2.21. The summed E-state index contributed by atoms with van der Waals surface area (Å²) in [5.41, 5.74) is 4.40. The highest BCUT2D eigenvalue weighted by Crippen LogP contribution is 2.36. The van der Waals surface area contributed by atoms with E-state index in [-0.39, 0.29) is 11.9 Å². The van der Waals surface area contributed by atoms with E-state index in [2.05, 4.69) is 22.6 Å². The van der Waals surface area contributed by atoms with Gasteiger partial charge in [-0.25, -0.2) is 4.79 Å². The van der Waals surface area contributed by atoms with Crippen molar-refractivity contribution in [1.82, 2.24) is 0 Å². The number of hydrogen-bond donors (Lipinski definition) is 0. The first-order valence-electron chi connectivity index (χ1n) is 10.9. The molecule has 5 nitrogen and oxygen atoms in total. The van der Waals surface area contributed by atoms with Crippen LogP contribution in [-0.2, 0) is 9.53 Å². The Morgan fingerprint density at radius 3 is 2.40 bits per heavy atom. The smallest absolute Gasteiger partial charge is 0.337 e. The molecule has 35 heavy (non-hydrogen) atoms. The van der Waals surface area contributed by atoms with Gasteiger partial charge in [0.2, 0.25) is 0 Å². The summed E-state index contributed by atoms with van der Waals surface area (Å²) in [6.07, 6.45) is 3.65. The zero-order valence-electron chi connectivity index (χ0n) is 18.8. The number of methoxy groups -OCH3 is 1. The number of furan rings is 1. The molecule has 5 rings (SSSR count). The predicted molar refractivity (Wildman–Crippen MR) is 145 cm³/mol. The van der Waals surface area contributed by atoms with E-state index in [1.54, 1.807) is 35.2 Å². The van der Waals surface area contributed by atoms with Crippen LogP contribution >= 0.6 is 22.6 Å². The average Bonchev–Trinajstić information content (AvgIpc) is 3.49. The molecule has 2 heterocycles. The van der Waals surface area contributed by atoms with Crippen molar-refractivity contribution >= 4 is 51.9 Å². The molecule has 1 amide bonds. The third kappa shape index (κ3) is 4.70. The SMILES string of the molecule is COC(=O)c1ccc(-c2ccc(/C=C3\C=C(c4ccccc4)N(c4cccc(I)c4)C3=O)o2)cc1. The normalized spacial score (nSPS) is 14.3. The molecule has 0 saturated carbocycles. The highest BCUT2D eigenvalue weighted by atomic mass is 127. The van der Waals surface area contributed by atoms with E-state index in [0.717, 1.165) is 26.1 Å². The topological polar surface area (TPSA) is 59.8 Å². The van der Waals surface area contributed by atoms with Gasteiger partial charge in [0.05, 0.1) is 24.1 Å². The van der Waals surface area contributed by atoms with Gasteiger partial charge in [0.15, 0.2) is 0 Å². The quantitative estimate of drug-likeness (QED) is 0.150. The molecule has 0 saturated heterocycles. The Kier molecular flexibility index (Phi) is 6.37. The molecule has 3 aromatic carbocycles. The van der Waals surface area contributed by atoms with Crippen molar-refractivity contribution in [3.63, 3.8) is 0 Å². The molecule has 0 fully saturated rings. The van der Waals surface area contributed by atoms with E-state index >= 15 is 0 Å². The number of esters is 1. The molecular formula is C29H20INO4. The first-order chi connectivity index (χ1) is 17.0. The fourth-order valence-corrected chi connectivity index (χ4v) is 4.46. The molecular weight excluding hydrogens is 553 g/mol.